The third kappa shape index (κ3) is 4.07. The Morgan fingerprint density at radius 3 is 2.89 bits per heavy atom. The van der Waals surface area contributed by atoms with E-state index in [-0.39, 0.29) is 30.2 Å². The van der Waals surface area contributed by atoms with Gasteiger partial charge in [-0.25, -0.2) is 4.39 Å². The lowest BCUT2D eigenvalue weighted by atomic mass is 10.1. The molecule has 1 amide bonds. The normalized spacial score (nSPS) is 18.9. The van der Waals surface area contributed by atoms with E-state index in [4.69, 9.17) is 0 Å². The van der Waals surface area contributed by atoms with Crippen LogP contribution in [-0.4, -0.2) is 25.0 Å². The van der Waals surface area contributed by atoms with E-state index < -0.39 is 0 Å². The second-order valence-corrected chi connectivity index (χ2v) is 5.31. The molecule has 1 aromatic rings. The zero-order valence-corrected chi connectivity index (χ0v) is 12.7. The number of halogens is 3. The maximum Gasteiger partial charge on any atom is 0.251 e. The molecule has 2 N–H and O–H groups in total. The Morgan fingerprint density at radius 1 is 1.50 bits per heavy atom. The summed E-state index contributed by atoms with van der Waals surface area (Å²) in [4.78, 5) is 11.9. The van der Waals surface area contributed by atoms with Crippen LogP contribution < -0.4 is 10.6 Å². The highest BCUT2D eigenvalue weighted by molar-refractivity contribution is 14.1. The predicted octanol–water partition coefficient (Wildman–Crippen LogP) is 2.33. The molecule has 0 radical (unpaired) electrons. The van der Waals surface area contributed by atoms with Crippen molar-refractivity contribution in [3.8, 4) is 0 Å². The average Bonchev–Trinajstić information content (AvgIpc) is 2.34. The molecule has 1 fully saturated rings. The zero-order chi connectivity index (χ0) is 12.3. The number of carbonyl (C=O) groups is 1. The summed E-state index contributed by atoms with van der Waals surface area (Å²) in [5.74, 6) is -0.547. The Kier molecular flexibility index (Phi) is 6.31. The smallest absolute Gasteiger partial charge is 0.251 e. The third-order valence-corrected chi connectivity index (χ3v) is 3.69. The van der Waals surface area contributed by atoms with Gasteiger partial charge in [-0.2, -0.15) is 0 Å². The first-order valence-electron chi connectivity index (χ1n) is 5.63. The van der Waals surface area contributed by atoms with E-state index in [0.29, 0.717) is 9.13 Å². The van der Waals surface area contributed by atoms with Gasteiger partial charge in [0.2, 0.25) is 0 Å². The fourth-order valence-corrected chi connectivity index (χ4v) is 2.22. The monoisotopic (exact) mass is 384 g/mol. The summed E-state index contributed by atoms with van der Waals surface area (Å²) in [6, 6.07) is 4.70. The Morgan fingerprint density at radius 2 is 2.28 bits per heavy atom. The Bertz CT molecular complexity index is 425. The molecule has 0 aliphatic carbocycles. The van der Waals surface area contributed by atoms with Crippen LogP contribution in [-0.2, 0) is 0 Å². The minimum atomic E-state index is -0.347. The summed E-state index contributed by atoms with van der Waals surface area (Å²) in [6.07, 6.45) is 2.04. The molecule has 0 bridgehead atoms. The molecule has 0 spiro atoms. The number of piperidine rings is 1. The highest BCUT2D eigenvalue weighted by atomic mass is 127. The quantitative estimate of drug-likeness (QED) is 0.769. The van der Waals surface area contributed by atoms with Crippen LogP contribution in [0.4, 0.5) is 4.39 Å². The van der Waals surface area contributed by atoms with Crippen LogP contribution in [0.25, 0.3) is 0 Å². The van der Waals surface area contributed by atoms with Crippen molar-refractivity contribution in [2.75, 3.05) is 13.1 Å². The number of hydrogen-bond acceptors (Lipinski definition) is 2. The summed E-state index contributed by atoms with van der Waals surface area (Å²) in [6.45, 7) is 1.79. The summed E-state index contributed by atoms with van der Waals surface area (Å²) in [5, 5.41) is 6.13. The average molecular weight is 385 g/mol. The van der Waals surface area contributed by atoms with Crippen molar-refractivity contribution in [3.63, 3.8) is 0 Å². The van der Waals surface area contributed by atoms with E-state index in [1.54, 1.807) is 12.1 Å². The Balaban J connectivity index is 0.00000162. The van der Waals surface area contributed by atoms with E-state index >= 15 is 0 Å². The first-order chi connectivity index (χ1) is 8.16. The molecule has 100 valence electrons. The number of nitrogens with one attached hydrogen (secondary N) is 2. The molecule has 1 saturated heterocycles. The maximum absolute atomic E-state index is 13.3. The number of hydrogen-bond donors (Lipinski definition) is 2. The van der Waals surface area contributed by atoms with E-state index in [1.807, 2.05) is 22.6 Å². The molecule has 0 saturated carbocycles. The molecule has 1 aliphatic heterocycles. The number of amides is 1. The van der Waals surface area contributed by atoms with Gasteiger partial charge >= 0.3 is 0 Å². The van der Waals surface area contributed by atoms with Crippen molar-refractivity contribution < 1.29 is 9.18 Å². The molecule has 1 aliphatic rings. The van der Waals surface area contributed by atoms with Crippen LogP contribution in [0.1, 0.15) is 23.2 Å². The van der Waals surface area contributed by atoms with Gasteiger partial charge in [-0.15, -0.1) is 12.4 Å². The van der Waals surface area contributed by atoms with Gasteiger partial charge in [-0.05, 0) is 60.2 Å². The lowest BCUT2D eigenvalue weighted by molar-refractivity contribution is 0.0930. The van der Waals surface area contributed by atoms with Gasteiger partial charge in [-0.1, -0.05) is 0 Å². The standard InChI is InChI=1S/C12H14FIN2O.ClH/c13-10-6-8(3-4-11(10)14)12(17)16-9-2-1-5-15-7-9;/h3-4,6,9,15H,1-2,5,7H2,(H,16,17);1H/t9-;/m0./s1. The van der Waals surface area contributed by atoms with E-state index in [2.05, 4.69) is 10.6 Å². The second-order valence-electron chi connectivity index (χ2n) is 4.15. The molecular weight excluding hydrogens is 370 g/mol. The molecule has 1 atom stereocenters. The minimum Gasteiger partial charge on any atom is -0.348 e. The van der Waals surface area contributed by atoms with Gasteiger partial charge in [-0.3, -0.25) is 4.79 Å². The zero-order valence-electron chi connectivity index (χ0n) is 9.71. The van der Waals surface area contributed by atoms with Crippen molar-refractivity contribution in [1.29, 1.82) is 0 Å². The highest BCUT2D eigenvalue weighted by Crippen LogP contribution is 2.13. The Labute approximate surface area is 125 Å². The summed E-state index contributed by atoms with van der Waals surface area (Å²) in [7, 11) is 0. The molecule has 2 rings (SSSR count). The number of carbonyl (C=O) groups excluding carboxylic acids is 1. The highest BCUT2D eigenvalue weighted by Gasteiger charge is 2.16. The predicted molar refractivity (Wildman–Crippen MR) is 79.7 cm³/mol. The molecule has 1 aromatic carbocycles. The second kappa shape index (κ2) is 7.25. The van der Waals surface area contributed by atoms with Crippen molar-refractivity contribution >= 4 is 40.9 Å². The Hall–Kier alpha value is -0.400. The fourth-order valence-electron chi connectivity index (χ4n) is 1.88. The number of rotatable bonds is 2. The summed E-state index contributed by atoms with van der Waals surface area (Å²) in [5.41, 5.74) is 0.383. The summed E-state index contributed by atoms with van der Waals surface area (Å²) < 4.78 is 13.8. The van der Waals surface area contributed by atoms with E-state index in [9.17, 15) is 9.18 Å². The molecule has 6 heteroatoms. The summed E-state index contributed by atoms with van der Waals surface area (Å²) >= 11 is 1.90. The van der Waals surface area contributed by atoms with Crippen LogP contribution in [0.3, 0.4) is 0 Å². The molecule has 0 aromatic heterocycles. The first kappa shape index (κ1) is 15.7. The lowest BCUT2D eigenvalue weighted by Gasteiger charge is -2.23. The van der Waals surface area contributed by atoms with Crippen LogP contribution in [0.2, 0.25) is 0 Å². The van der Waals surface area contributed by atoms with Gasteiger partial charge in [0.1, 0.15) is 5.82 Å². The van der Waals surface area contributed by atoms with Gasteiger partial charge in [0.05, 0.1) is 0 Å². The van der Waals surface area contributed by atoms with Gasteiger partial charge in [0, 0.05) is 21.7 Å². The van der Waals surface area contributed by atoms with Crippen molar-refractivity contribution in [2.24, 2.45) is 0 Å². The van der Waals surface area contributed by atoms with Gasteiger partial charge < -0.3 is 10.6 Å². The van der Waals surface area contributed by atoms with Crippen LogP contribution >= 0.6 is 35.0 Å². The number of benzene rings is 1. The van der Waals surface area contributed by atoms with Crippen molar-refractivity contribution in [1.82, 2.24) is 10.6 Å². The van der Waals surface area contributed by atoms with Crippen LogP contribution in [0.5, 0.6) is 0 Å². The molecule has 1 heterocycles. The first-order valence-corrected chi connectivity index (χ1v) is 6.71. The molecule has 18 heavy (non-hydrogen) atoms. The fraction of sp³-hybridized carbons (Fsp3) is 0.417. The lowest BCUT2D eigenvalue weighted by Crippen LogP contribution is -2.45. The van der Waals surface area contributed by atoms with Crippen molar-refractivity contribution in [2.45, 2.75) is 18.9 Å². The molecule has 3 nitrogen and oxygen atoms in total. The van der Waals surface area contributed by atoms with E-state index in [0.717, 1.165) is 25.9 Å². The molecular formula is C12H15ClFIN2O. The van der Waals surface area contributed by atoms with E-state index in [1.165, 1.54) is 6.07 Å². The van der Waals surface area contributed by atoms with Crippen LogP contribution in [0, 0.1) is 9.39 Å². The largest absolute Gasteiger partial charge is 0.348 e. The topological polar surface area (TPSA) is 41.1 Å². The van der Waals surface area contributed by atoms with Gasteiger partial charge in [0.15, 0.2) is 0 Å². The SMILES string of the molecule is Cl.O=C(N[C@H]1CCCNC1)c1ccc(I)c(F)c1. The minimum absolute atomic E-state index is 0. The third-order valence-electron chi connectivity index (χ3n) is 2.81. The van der Waals surface area contributed by atoms with Gasteiger partial charge in [0.25, 0.3) is 5.91 Å². The molecule has 0 unspecified atom stereocenters. The van der Waals surface area contributed by atoms with Crippen LogP contribution in [0.15, 0.2) is 18.2 Å². The van der Waals surface area contributed by atoms with Crippen molar-refractivity contribution in [3.05, 3.63) is 33.1 Å². The maximum atomic E-state index is 13.3.